The summed E-state index contributed by atoms with van der Waals surface area (Å²) >= 11 is 0. The second-order valence-corrected chi connectivity index (χ2v) is 7.27. The SMILES string of the molecule is COc1ccc(COn2ccc3ccc(S(C)(=O)=O)cc32)cc1. The molecule has 120 valence electrons. The van der Waals surface area contributed by atoms with E-state index < -0.39 is 9.84 Å². The van der Waals surface area contributed by atoms with Gasteiger partial charge in [0.2, 0.25) is 0 Å². The molecule has 0 amide bonds. The summed E-state index contributed by atoms with van der Waals surface area (Å²) < 4.78 is 30.1. The monoisotopic (exact) mass is 331 g/mol. The van der Waals surface area contributed by atoms with Crippen LogP contribution in [0.25, 0.3) is 10.9 Å². The van der Waals surface area contributed by atoms with E-state index in [0.29, 0.717) is 6.61 Å². The van der Waals surface area contributed by atoms with Gasteiger partial charge in [0.15, 0.2) is 9.84 Å². The fourth-order valence-electron chi connectivity index (χ4n) is 2.29. The number of benzene rings is 2. The molecule has 6 heteroatoms. The van der Waals surface area contributed by atoms with Gasteiger partial charge in [-0.1, -0.05) is 18.2 Å². The lowest BCUT2D eigenvalue weighted by Crippen LogP contribution is -2.10. The fourth-order valence-corrected chi connectivity index (χ4v) is 2.93. The Balaban J connectivity index is 1.84. The van der Waals surface area contributed by atoms with Crippen LogP contribution in [0.2, 0.25) is 0 Å². The predicted molar refractivity (Wildman–Crippen MR) is 88.3 cm³/mol. The molecule has 3 aromatic rings. The van der Waals surface area contributed by atoms with Crippen molar-refractivity contribution in [1.29, 1.82) is 0 Å². The maximum Gasteiger partial charge on any atom is 0.175 e. The number of methoxy groups -OCH3 is 1. The van der Waals surface area contributed by atoms with Crippen LogP contribution in [0.3, 0.4) is 0 Å². The molecular weight excluding hydrogens is 314 g/mol. The number of aromatic nitrogens is 1. The van der Waals surface area contributed by atoms with Crippen LogP contribution in [0.5, 0.6) is 5.75 Å². The van der Waals surface area contributed by atoms with Crippen molar-refractivity contribution in [3.63, 3.8) is 0 Å². The third-order valence-corrected chi connectivity index (χ3v) is 4.70. The summed E-state index contributed by atoms with van der Waals surface area (Å²) in [4.78, 5) is 6.04. The molecule has 0 saturated heterocycles. The number of fused-ring (bicyclic) bond motifs is 1. The lowest BCUT2D eigenvalue weighted by atomic mass is 10.2. The first-order valence-corrected chi connectivity index (χ1v) is 8.94. The molecule has 2 aromatic carbocycles. The van der Waals surface area contributed by atoms with Crippen LogP contribution in [-0.2, 0) is 16.4 Å². The van der Waals surface area contributed by atoms with Crippen molar-refractivity contribution in [3.8, 4) is 5.75 Å². The molecule has 1 heterocycles. The van der Waals surface area contributed by atoms with E-state index in [0.717, 1.165) is 22.2 Å². The van der Waals surface area contributed by atoms with Crippen LogP contribution in [0.4, 0.5) is 0 Å². The molecule has 0 N–H and O–H groups in total. The van der Waals surface area contributed by atoms with E-state index in [9.17, 15) is 8.42 Å². The first-order chi connectivity index (χ1) is 11.0. The van der Waals surface area contributed by atoms with E-state index in [-0.39, 0.29) is 4.90 Å². The van der Waals surface area contributed by atoms with Crippen LogP contribution < -0.4 is 9.57 Å². The van der Waals surface area contributed by atoms with Gasteiger partial charge in [-0.25, -0.2) is 8.42 Å². The summed E-state index contributed by atoms with van der Waals surface area (Å²) in [6.07, 6.45) is 2.97. The lowest BCUT2D eigenvalue weighted by molar-refractivity contribution is 0.107. The topological polar surface area (TPSA) is 57.5 Å². The molecule has 0 unspecified atom stereocenters. The van der Waals surface area contributed by atoms with E-state index in [4.69, 9.17) is 9.57 Å². The number of nitrogens with zero attached hydrogens (tertiary/aromatic N) is 1. The van der Waals surface area contributed by atoms with Gasteiger partial charge in [-0.15, -0.1) is 0 Å². The van der Waals surface area contributed by atoms with Crippen LogP contribution in [0.1, 0.15) is 5.56 Å². The maximum atomic E-state index is 11.7. The summed E-state index contributed by atoms with van der Waals surface area (Å²) in [5, 5.41) is 0.923. The Bertz CT molecular complexity index is 927. The third kappa shape index (κ3) is 3.32. The van der Waals surface area contributed by atoms with E-state index in [1.807, 2.05) is 30.3 Å². The quantitative estimate of drug-likeness (QED) is 0.721. The largest absolute Gasteiger partial charge is 0.497 e. The predicted octanol–water partition coefficient (Wildman–Crippen LogP) is 2.68. The van der Waals surface area contributed by atoms with Gasteiger partial charge in [-0.3, -0.25) is 0 Å². The molecule has 23 heavy (non-hydrogen) atoms. The molecule has 1 aromatic heterocycles. The Morgan fingerprint density at radius 3 is 2.43 bits per heavy atom. The zero-order valence-electron chi connectivity index (χ0n) is 12.9. The van der Waals surface area contributed by atoms with E-state index in [1.54, 1.807) is 36.2 Å². The Kier molecular flexibility index (Phi) is 4.00. The fraction of sp³-hybridized carbons (Fsp3) is 0.176. The molecule has 0 bridgehead atoms. The summed E-state index contributed by atoms with van der Waals surface area (Å²) in [5.74, 6) is 0.790. The first-order valence-electron chi connectivity index (χ1n) is 7.05. The summed E-state index contributed by atoms with van der Waals surface area (Å²) in [6.45, 7) is 0.372. The summed E-state index contributed by atoms with van der Waals surface area (Å²) in [5.41, 5.74) is 1.72. The number of hydrogen-bond donors (Lipinski definition) is 0. The van der Waals surface area contributed by atoms with Crippen molar-refractivity contribution in [2.75, 3.05) is 13.4 Å². The molecule has 3 rings (SSSR count). The van der Waals surface area contributed by atoms with Gasteiger partial charge in [0.25, 0.3) is 0 Å². The average molecular weight is 331 g/mol. The van der Waals surface area contributed by atoms with Gasteiger partial charge < -0.3 is 9.57 Å². The van der Waals surface area contributed by atoms with Crippen LogP contribution in [0.15, 0.2) is 59.6 Å². The maximum absolute atomic E-state index is 11.7. The minimum atomic E-state index is -3.25. The highest BCUT2D eigenvalue weighted by Crippen LogP contribution is 2.20. The van der Waals surface area contributed by atoms with Gasteiger partial charge in [-0.05, 0) is 35.9 Å². The summed E-state index contributed by atoms with van der Waals surface area (Å²) in [7, 11) is -1.62. The highest BCUT2D eigenvalue weighted by molar-refractivity contribution is 7.90. The minimum absolute atomic E-state index is 0.276. The Morgan fingerprint density at radius 2 is 1.78 bits per heavy atom. The van der Waals surface area contributed by atoms with Crippen LogP contribution in [0, 0.1) is 0 Å². The van der Waals surface area contributed by atoms with Crippen molar-refractivity contribution in [1.82, 2.24) is 4.73 Å². The van der Waals surface area contributed by atoms with Crippen molar-refractivity contribution in [2.24, 2.45) is 0 Å². The van der Waals surface area contributed by atoms with E-state index >= 15 is 0 Å². The second-order valence-electron chi connectivity index (χ2n) is 5.26. The highest BCUT2D eigenvalue weighted by Gasteiger charge is 2.10. The van der Waals surface area contributed by atoms with Gasteiger partial charge in [0.1, 0.15) is 12.4 Å². The Hall–Kier alpha value is -2.47. The molecule has 0 atom stereocenters. The van der Waals surface area contributed by atoms with Gasteiger partial charge in [0, 0.05) is 17.8 Å². The summed E-state index contributed by atoms with van der Waals surface area (Å²) in [6, 6.07) is 14.5. The standard InChI is InChI=1S/C17H17NO4S/c1-21-15-6-3-13(4-7-15)12-22-18-10-9-14-5-8-16(11-17(14)18)23(2,19)20/h3-11H,12H2,1-2H3. The number of sulfone groups is 1. The van der Waals surface area contributed by atoms with Crippen LogP contribution >= 0.6 is 0 Å². The number of ether oxygens (including phenoxy) is 1. The van der Waals surface area contributed by atoms with Crippen molar-refractivity contribution >= 4 is 20.7 Å². The highest BCUT2D eigenvalue weighted by atomic mass is 32.2. The molecule has 0 saturated carbocycles. The number of rotatable bonds is 5. The van der Waals surface area contributed by atoms with Gasteiger partial charge in [0.05, 0.1) is 17.5 Å². The third-order valence-electron chi connectivity index (χ3n) is 3.59. The van der Waals surface area contributed by atoms with Crippen molar-refractivity contribution in [2.45, 2.75) is 11.5 Å². The zero-order chi connectivity index (χ0) is 16.4. The first kappa shape index (κ1) is 15.4. The van der Waals surface area contributed by atoms with E-state index in [1.165, 1.54) is 6.26 Å². The van der Waals surface area contributed by atoms with Gasteiger partial charge in [-0.2, -0.15) is 4.73 Å². The molecule has 0 aliphatic carbocycles. The minimum Gasteiger partial charge on any atom is -0.497 e. The zero-order valence-corrected chi connectivity index (χ0v) is 13.7. The average Bonchev–Trinajstić information content (AvgIpc) is 2.95. The molecular formula is C17H17NO4S. The molecule has 0 spiro atoms. The molecule has 0 fully saturated rings. The normalized spacial score (nSPS) is 11.6. The lowest BCUT2D eigenvalue weighted by Gasteiger charge is -2.09. The molecule has 0 aliphatic heterocycles. The molecule has 0 radical (unpaired) electrons. The molecule has 5 nitrogen and oxygen atoms in total. The Morgan fingerprint density at radius 1 is 1.04 bits per heavy atom. The van der Waals surface area contributed by atoms with E-state index in [2.05, 4.69) is 0 Å². The second kappa shape index (κ2) is 5.96. The molecule has 0 aliphatic rings. The van der Waals surface area contributed by atoms with Crippen molar-refractivity contribution < 1.29 is 18.0 Å². The smallest absolute Gasteiger partial charge is 0.175 e. The van der Waals surface area contributed by atoms with Gasteiger partial charge >= 0.3 is 0 Å². The number of hydrogen-bond acceptors (Lipinski definition) is 4. The van der Waals surface area contributed by atoms with Crippen LogP contribution in [-0.4, -0.2) is 26.5 Å². The van der Waals surface area contributed by atoms with Crippen molar-refractivity contribution in [3.05, 3.63) is 60.3 Å². The Labute approximate surface area is 134 Å².